The van der Waals surface area contributed by atoms with Crippen LogP contribution in [-0.4, -0.2) is 75.5 Å². The van der Waals surface area contributed by atoms with Crippen molar-refractivity contribution < 1.29 is 18.0 Å². The molecule has 0 bridgehead atoms. The van der Waals surface area contributed by atoms with Gasteiger partial charge in [0.1, 0.15) is 12.7 Å². The Morgan fingerprint density at radius 1 is 1.39 bits per heavy atom. The standard InChI is InChI=1S/C13H21F3N6O/c1-12(2)7-21(5-4-20(12)3)11(23)18-6-10(13(14,15)16)22-9-17-8-19-22/h8-10H,4-7H2,1-3H3,(H,18,23). The van der Waals surface area contributed by atoms with E-state index in [1.54, 1.807) is 0 Å². The number of amides is 2. The number of hydrogen-bond donors (Lipinski definition) is 1. The summed E-state index contributed by atoms with van der Waals surface area (Å²) in [6.45, 7) is 4.99. The van der Waals surface area contributed by atoms with Gasteiger partial charge in [0, 0.05) is 25.2 Å². The summed E-state index contributed by atoms with van der Waals surface area (Å²) in [5.41, 5.74) is -0.217. The van der Waals surface area contributed by atoms with Crippen LogP contribution >= 0.6 is 0 Å². The number of carbonyl (C=O) groups excluding carboxylic acids is 1. The lowest BCUT2D eigenvalue weighted by Gasteiger charge is -2.45. The molecule has 1 aliphatic heterocycles. The largest absolute Gasteiger partial charge is 0.412 e. The van der Waals surface area contributed by atoms with Crippen LogP contribution in [-0.2, 0) is 0 Å². The lowest BCUT2D eigenvalue weighted by atomic mass is 10.0. The van der Waals surface area contributed by atoms with Gasteiger partial charge in [-0.25, -0.2) is 14.5 Å². The van der Waals surface area contributed by atoms with Gasteiger partial charge in [0.2, 0.25) is 0 Å². The third-order valence-electron chi connectivity index (χ3n) is 4.18. The molecule has 7 nitrogen and oxygen atoms in total. The molecule has 0 radical (unpaired) electrons. The van der Waals surface area contributed by atoms with Crippen molar-refractivity contribution in [2.45, 2.75) is 31.6 Å². The van der Waals surface area contributed by atoms with Crippen molar-refractivity contribution in [2.24, 2.45) is 0 Å². The van der Waals surface area contributed by atoms with Crippen LogP contribution in [0.5, 0.6) is 0 Å². The fourth-order valence-electron chi connectivity index (χ4n) is 2.45. The first-order valence-corrected chi connectivity index (χ1v) is 7.26. The average molecular weight is 334 g/mol. The van der Waals surface area contributed by atoms with Gasteiger partial charge in [-0.2, -0.15) is 18.3 Å². The van der Waals surface area contributed by atoms with Gasteiger partial charge in [-0.3, -0.25) is 4.90 Å². The number of likely N-dealkylation sites (N-methyl/N-ethyl adjacent to an activating group) is 1. The zero-order valence-electron chi connectivity index (χ0n) is 13.3. The molecule has 1 unspecified atom stereocenters. The maximum atomic E-state index is 13.1. The third-order valence-corrected chi connectivity index (χ3v) is 4.18. The number of aromatic nitrogens is 3. The van der Waals surface area contributed by atoms with Crippen LogP contribution in [0.4, 0.5) is 18.0 Å². The molecule has 2 amide bonds. The summed E-state index contributed by atoms with van der Waals surface area (Å²) >= 11 is 0. The summed E-state index contributed by atoms with van der Waals surface area (Å²) in [5.74, 6) is 0. The molecule has 1 atom stereocenters. The molecule has 0 aromatic carbocycles. The third kappa shape index (κ3) is 4.12. The second-order valence-electron chi connectivity index (χ2n) is 6.27. The van der Waals surface area contributed by atoms with E-state index >= 15 is 0 Å². The van der Waals surface area contributed by atoms with Gasteiger partial charge in [0.25, 0.3) is 0 Å². The molecule has 1 aliphatic rings. The Hall–Kier alpha value is -1.84. The number of hydrogen-bond acceptors (Lipinski definition) is 4. The molecule has 0 saturated carbocycles. The molecule has 1 fully saturated rings. The SMILES string of the molecule is CN1CCN(C(=O)NCC(n2cncn2)C(F)(F)F)CC1(C)C. The van der Waals surface area contributed by atoms with E-state index in [1.807, 2.05) is 20.9 Å². The lowest BCUT2D eigenvalue weighted by Crippen LogP contribution is -2.60. The summed E-state index contributed by atoms with van der Waals surface area (Å²) in [4.78, 5) is 19.4. The van der Waals surface area contributed by atoms with Crippen LogP contribution in [0.25, 0.3) is 0 Å². The van der Waals surface area contributed by atoms with E-state index in [4.69, 9.17) is 0 Å². The quantitative estimate of drug-likeness (QED) is 0.899. The highest BCUT2D eigenvalue weighted by molar-refractivity contribution is 5.74. The number of halogens is 3. The fraction of sp³-hybridized carbons (Fsp3) is 0.769. The Bertz CT molecular complexity index is 530. The highest BCUT2D eigenvalue weighted by Gasteiger charge is 2.42. The molecule has 1 aromatic heterocycles. The molecule has 2 rings (SSSR count). The summed E-state index contributed by atoms with van der Waals surface area (Å²) in [5, 5.41) is 5.88. The molecule has 1 N–H and O–H groups in total. The molecule has 23 heavy (non-hydrogen) atoms. The number of nitrogens with one attached hydrogen (secondary N) is 1. The molecule has 130 valence electrons. The number of piperazine rings is 1. The molecule has 0 spiro atoms. The second-order valence-corrected chi connectivity index (χ2v) is 6.27. The van der Waals surface area contributed by atoms with Gasteiger partial charge in [-0.05, 0) is 20.9 Å². The van der Waals surface area contributed by atoms with Crippen molar-refractivity contribution in [3.8, 4) is 0 Å². The first-order chi connectivity index (χ1) is 10.6. The summed E-state index contributed by atoms with van der Waals surface area (Å²) in [7, 11) is 1.96. The van der Waals surface area contributed by atoms with Crippen LogP contribution in [0.2, 0.25) is 0 Å². The highest BCUT2D eigenvalue weighted by atomic mass is 19.4. The van der Waals surface area contributed by atoms with Crippen molar-refractivity contribution in [1.82, 2.24) is 29.9 Å². The van der Waals surface area contributed by atoms with Gasteiger partial charge in [0.15, 0.2) is 6.04 Å². The number of carbonyl (C=O) groups is 1. The van der Waals surface area contributed by atoms with Gasteiger partial charge >= 0.3 is 12.2 Å². The molecule has 2 heterocycles. The number of alkyl halides is 3. The fourth-order valence-corrected chi connectivity index (χ4v) is 2.45. The van der Waals surface area contributed by atoms with Crippen LogP contribution in [0.15, 0.2) is 12.7 Å². The predicted octanol–water partition coefficient (Wildman–Crippen LogP) is 1.12. The topological polar surface area (TPSA) is 66.3 Å². The first-order valence-electron chi connectivity index (χ1n) is 7.26. The first kappa shape index (κ1) is 17.5. The minimum Gasteiger partial charge on any atom is -0.335 e. The van der Waals surface area contributed by atoms with E-state index in [2.05, 4.69) is 20.3 Å². The number of rotatable bonds is 3. The number of nitrogens with zero attached hydrogens (tertiary/aromatic N) is 5. The Kier molecular flexibility index (Phi) is 4.83. The van der Waals surface area contributed by atoms with Gasteiger partial charge in [-0.15, -0.1) is 0 Å². The van der Waals surface area contributed by atoms with Crippen LogP contribution in [0.3, 0.4) is 0 Å². The van der Waals surface area contributed by atoms with Crippen LogP contribution in [0.1, 0.15) is 19.9 Å². The van der Waals surface area contributed by atoms with Gasteiger partial charge in [-0.1, -0.05) is 0 Å². The van der Waals surface area contributed by atoms with E-state index in [9.17, 15) is 18.0 Å². The average Bonchev–Trinajstić information content (AvgIpc) is 2.94. The monoisotopic (exact) mass is 334 g/mol. The summed E-state index contributed by atoms with van der Waals surface area (Å²) in [6.07, 6.45) is -2.50. The maximum Gasteiger partial charge on any atom is 0.412 e. The number of urea groups is 1. The van der Waals surface area contributed by atoms with E-state index in [-0.39, 0.29) is 5.54 Å². The van der Waals surface area contributed by atoms with E-state index in [0.29, 0.717) is 24.3 Å². The minimum absolute atomic E-state index is 0.217. The van der Waals surface area contributed by atoms with E-state index in [0.717, 1.165) is 12.7 Å². The smallest absolute Gasteiger partial charge is 0.335 e. The van der Waals surface area contributed by atoms with Gasteiger partial charge in [0.05, 0.1) is 6.54 Å². The van der Waals surface area contributed by atoms with Crippen molar-refractivity contribution in [3.63, 3.8) is 0 Å². The Balaban J connectivity index is 1.97. The van der Waals surface area contributed by atoms with Crippen LogP contribution < -0.4 is 5.32 Å². The zero-order valence-corrected chi connectivity index (χ0v) is 13.3. The van der Waals surface area contributed by atoms with Gasteiger partial charge < -0.3 is 10.2 Å². The maximum absolute atomic E-state index is 13.1. The van der Waals surface area contributed by atoms with Crippen LogP contribution in [0, 0.1) is 0 Å². The normalized spacial score (nSPS) is 20.3. The van der Waals surface area contributed by atoms with Crippen molar-refractivity contribution in [1.29, 1.82) is 0 Å². The lowest BCUT2D eigenvalue weighted by molar-refractivity contribution is -0.168. The Morgan fingerprint density at radius 3 is 2.61 bits per heavy atom. The Morgan fingerprint density at radius 2 is 2.09 bits per heavy atom. The molecular formula is C13H21F3N6O. The van der Waals surface area contributed by atoms with Crippen molar-refractivity contribution >= 4 is 6.03 Å². The minimum atomic E-state index is -4.53. The van der Waals surface area contributed by atoms with Crippen molar-refractivity contribution in [2.75, 3.05) is 33.2 Å². The molecular weight excluding hydrogens is 313 g/mol. The molecule has 1 aromatic rings. The summed E-state index contributed by atoms with van der Waals surface area (Å²) in [6, 6.07) is -2.44. The Labute approximate surface area is 132 Å². The molecule has 10 heteroatoms. The predicted molar refractivity (Wildman–Crippen MR) is 76.8 cm³/mol. The van der Waals surface area contributed by atoms with E-state index < -0.39 is 24.8 Å². The highest BCUT2D eigenvalue weighted by Crippen LogP contribution is 2.29. The van der Waals surface area contributed by atoms with E-state index in [1.165, 1.54) is 4.90 Å². The molecule has 0 aliphatic carbocycles. The van der Waals surface area contributed by atoms with Crippen molar-refractivity contribution in [3.05, 3.63) is 12.7 Å². The second kappa shape index (κ2) is 6.34. The molecule has 1 saturated heterocycles. The zero-order chi connectivity index (χ0) is 17.3. The summed E-state index contributed by atoms with van der Waals surface area (Å²) < 4.78 is 40.0.